The molecular weight excluding hydrogens is 278 g/mol. The lowest BCUT2D eigenvalue weighted by Gasteiger charge is -2.29. The highest BCUT2D eigenvalue weighted by Gasteiger charge is 2.32. The lowest BCUT2D eigenvalue weighted by atomic mass is 9.92. The fourth-order valence-electron chi connectivity index (χ4n) is 2.36. The highest BCUT2D eigenvalue weighted by Crippen LogP contribution is 2.34. The van der Waals surface area contributed by atoms with Crippen LogP contribution in [0.15, 0.2) is 24.3 Å². The zero-order chi connectivity index (χ0) is 15.4. The third-order valence-corrected chi connectivity index (χ3v) is 3.22. The number of benzene rings is 1. The van der Waals surface area contributed by atoms with Crippen molar-refractivity contribution in [3.05, 3.63) is 29.8 Å². The predicted octanol–water partition coefficient (Wildman–Crippen LogP) is 0.551. The predicted molar refractivity (Wildman–Crippen MR) is 71.1 cm³/mol. The highest BCUT2D eigenvalue weighted by atomic mass is 16.5. The first-order valence-electron chi connectivity index (χ1n) is 6.43. The number of hydrogen-bond acceptors (Lipinski definition) is 4. The summed E-state index contributed by atoms with van der Waals surface area (Å²) < 4.78 is 5.44. The van der Waals surface area contributed by atoms with Crippen LogP contribution in [0.3, 0.4) is 0 Å². The first kappa shape index (κ1) is 14.8. The van der Waals surface area contributed by atoms with E-state index in [0.717, 1.165) is 4.90 Å². The van der Waals surface area contributed by atoms with Crippen LogP contribution in [0, 0.1) is 0 Å². The molecule has 1 atom stereocenters. The topological polar surface area (TPSA) is 104 Å². The van der Waals surface area contributed by atoms with Gasteiger partial charge >= 0.3 is 11.9 Å². The van der Waals surface area contributed by atoms with Gasteiger partial charge in [0.15, 0.2) is 0 Å². The molecule has 2 N–H and O–H groups in total. The third-order valence-electron chi connectivity index (χ3n) is 3.22. The van der Waals surface area contributed by atoms with Crippen LogP contribution >= 0.6 is 0 Å². The molecule has 1 heterocycles. The van der Waals surface area contributed by atoms with Crippen LogP contribution in [0.1, 0.15) is 17.9 Å². The largest absolute Gasteiger partial charge is 0.493 e. The van der Waals surface area contributed by atoms with Crippen LogP contribution in [0.4, 0.5) is 0 Å². The van der Waals surface area contributed by atoms with Crippen molar-refractivity contribution in [2.75, 3.05) is 19.7 Å². The minimum Gasteiger partial charge on any atom is -0.493 e. The monoisotopic (exact) mass is 293 g/mol. The van der Waals surface area contributed by atoms with Gasteiger partial charge in [0.05, 0.1) is 12.5 Å². The lowest BCUT2D eigenvalue weighted by Crippen LogP contribution is -2.43. The molecule has 0 spiro atoms. The van der Waals surface area contributed by atoms with E-state index in [1.54, 1.807) is 24.3 Å². The first-order valence-corrected chi connectivity index (χ1v) is 6.43. The Labute approximate surface area is 120 Å². The van der Waals surface area contributed by atoms with Gasteiger partial charge in [-0.1, -0.05) is 18.2 Å². The molecule has 0 aliphatic carbocycles. The average molecular weight is 293 g/mol. The fraction of sp³-hybridized carbons (Fsp3) is 0.357. The second-order valence-electron chi connectivity index (χ2n) is 4.71. The molecule has 0 radical (unpaired) electrons. The molecule has 1 aliphatic rings. The molecule has 1 aromatic rings. The van der Waals surface area contributed by atoms with Crippen LogP contribution in [-0.4, -0.2) is 52.7 Å². The first-order chi connectivity index (χ1) is 9.99. The number of carboxylic acid groups (broad SMARTS) is 2. The average Bonchev–Trinajstić information content (AvgIpc) is 2.44. The van der Waals surface area contributed by atoms with E-state index < -0.39 is 36.9 Å². The van der Waals surface area contributed by atoms with Crippen molar-refractivity contribution in [1.82, 2.24) is 4.90 Å². The molecule has 1 aliphatic heterocycles. The van der Waals surface area contributed by atoms with E-state index in [1.165, 1.54) is 0 Å². The molecule has 7 heteroatoms. The number of amides is 1. The van der Waals surface area contributed by atoms with Crippen molar-refractivity contribution in [2.45, 2.75) is 12.3 Å². The summed E-state index contributed by atoms with van der Waals surface area (Å²) in [7, 11) is 0. The second kappa shape index (κ2) is 6.25. The number of carbonyl (C=O) groups is 3. The molecule has 112 valence electrons. The number of carboxylic acids is 2. The van der Waals surface area contributed by atoms with Gasteiger partial charge in [-0.25, -0.2) is 0 Å². The van der Waals surface area contributed by atoms with Crippen molar-refractivity contribution in [3.8, 4) is 5.75 Å². The molecule has 7 nitrogen and oxygen atoms in total. The Morgan fingerprint density at radius 2 is 1.76 bits per heavy atom. The molecule has 1 amide bonds. The van der Waals surface area contributed by atoms with Gasteiger partial charge < -0.3 is 19.8 Å². The molecule has 0 saturated carbocycles. The number of aliphatic carboxylic acids is 2. The highest BCUT2D eigenvalue weighted by molar-refractivity contribution is 5.90. The van der Waals surface area contributed by atoms with E-state index in [0.29, 0.717) is 24.3 Å². The number of hydrogen-bond donors (Lipinski definition) is 2. The second-order valence-corrected chi connectivity index (χ2v) is 4.71. The Morgan fingerprint density at radius 1 is 1.14 bits per heavy atom. The van der Waals surface area contributed by atoms with Gasteiger partial charge in [-0.05, 0) is 12.5 Å². The van der Waals surface area contributed by atoms with Gasteiger partial charge in [-0.15, -0.1) is 0 Å². The fourth-order valence-corrected chi connectivity index (χ4v) is 2.36. The minimum atomic E-state index is -1.25. The number of carbonyl (C=O) groups excluding carboxylic acids is 1. The molecule has 21 heavy (non-hydrogen) atoms. The van der Waals surface area contributed by atoms with Gasteiger partial charge in [-0.3, -0.25) is 14.4 Å². The Kier molecular flexibility index (Phi) is 4.42. The lowest BCUT2D eigenvalue weighted by molar-refractivity contribution is -0.150. The van der Waals surface area contributed by atoms with Crippen molar-refractivity contribution < 1.29 is 29.3 Å². The molecule has 1 unspecified atom stereocenters. The summed E-state index contributed by atoms with van der Waals surface area (Å²) >= 11 is 0. The van der Waals surface area contributed by atoms with Gasteiger partial charge in [0, 0.05) is 5.56 Å². The van der Waals surface area contributed by atoms with E-state index >= 15 is 0 Å². The van der Waals surface area contributed by atoms with Gasteiger partial charge in [0.2, 0.25) is 5.91 Å². The summed E-state index contributed by atoms with van der Waals surface area (Å²) in [5.41, 5.74) is 0.662. The zero-order valence-corrected chi connectivity index (χ0v) is 11.2. The number of nitrogens with zero attached hydrogens (tertiary/aromatic N) is 1. The Hall–Kier alpha value is -2.57. The van der Waals surface area contributed by atoms with Crippen molar-refractivity contribution in [2.24, 2.45) is 0 Å². The normalized spacial score (nSPS) is 16.5. The third kappa shape index (κ3) is 3.50. The smallest absolute Gasteiger partial charge is 0.323 e. The van der Waals surface area contributed by atoms with Crippen molar-refractivity contribution >= 4 is 17.8 Å². The minimum absolute atomic E-state index is 0.335. The molecule has 0 saturated heterocycles. The standard InChI is InChI=1S/C14H15NO6/c16-12(17)7-15(8-13(18)19)14(20)10-5-6-21-11-4-2-1-3-9(10)11/h1-4,10H,5-8H2,(H,16,17)(H,18,19). The molecule has 0 aromatic heterocycles. The molecular formula is C14H15NO6. The maximum absolute atomic E-state index is 12.5. The van der Waals surface area contributed by atoms with Gasteiger partial charge in [-0.2, -0.15) is 0 Å². The summed E-state index contributed by atoms with van der Waals surface area (Å²) in [6.45, 7) is -0.934. The van der Waals surface area contributed by atoms with Crippen molar-refractivity contribution in [3.63, 3.8) is 0 Å². The molecule has 0 bridgehead atoms. The summed E-state index contributed by atoms with van der Waals surface area (Å²) in [5.74, 6) is -2.99. The summed E-state index contributed by atoms with van der Waals surface area (Å²) in [6.07, 6.45) is 0.394. The zero-order valence-electron chi connectivity index (χ0n) is 11.2. The molecule has 0 fully saturated rings. The van der Waals surface area contributed by atoms with E-state index in [-0.39, 0.29) is 0 Å². The van der Waals surface area contributed by atoms with E-state index in [1.807, 2.05) is 0 Å². The summed E-state index contributed by atoms with van der Waals surface area (Å²) in [4.78, 5) is 34.9. The molecule has 1 aromatic carbocycles. The van der Waals surface area contributed by atoms with Crippen LogP contribution in [0.5, 0.6) is 5.75 Å². The number of rotatable bonds is 5. The van der Waals surface area contributed by atoms with E-state index in [9.17, 15) is 14.4 Å². The van der Waals surface area contributed by atoms with Crippen LogP contribution in [-0.2, 0) is 14.4 Å². The number of ether oxygens (including phenoxy) is 1. The van der Waals surface area contributed by atoms with Gasteiger partial charge in [0.1, 0.15) is 18.8 Å². The molecule has 2 rings (SSSR count). The van der Waals surface area contributed by atoms with Crippen LogP contribution in [0.25, 0.3) is 0 Å². The van der Waals surface area contributed by atoms with Crippen LogP contribution < -0.4 is 4.74 Å². The SMILES string of the molecule is O=C(O)CN(CC(=O)O)C(=O)C1CCOc2ccccc21. The number of para-hydroxylation sites is 1. The Balaban J connectivity index is 2.25. The van der Waals surface area contributed by atoms with Crippen LogP contribution in [0.2, 0.25) is 0 Å². The number of fused-ring (bicyclic) bond motifs is 1. The summed E-state index contributed by atoms with van der Waals surface area (Å²) in [5, 5.41) is 17.7. The quantitative estimate of drug-likeness (QED) is 0.821. The van der Waals surface area contributed by atoms with E-state index in [4.69, 9.17) is 14.9 Å². The summed E-state index contributed by atoms with van der Waals surface area (Å²) in [6, 6.07) is 6.99. The maximum Gasteiger partial charge on any atom is 0.323 e. The van der Waals surface area contributed by atoms with Crippen molar-refractivity contribution in [1.29, 1.82) is 0 Å². The Bertz CT molecular complexity index is 554. The Morgan fingerprint density at radius 3 is 2.38 bits per heavy atom. The maximum atomic E-state index is 12.5. The van der Waals surface area contributed by atoms with E-state index in [2.05, 4.69) is 0 Å². The van der Waals surface area contributed by atoms with Gasteiger partial charge in [0.25, 0.3) is 0 Å².